The Labute approximate surface area is 266 Å². The van der Waals surface area contributed by atoms with Crippen molar-refractivity contribution in [2.45, 2.75) is 42.0 Å². The van der Waals surface area contributed by atoms with Gasteiger partial charge in [-0.05, 0) is 79.8 Å². The maximum Gasteiger partial charge on any atom is 0.258 e. The lowest BCUT2D eigenvalue weighted by Gasteiger charge is -2.49. The molecule has 1 saturated carbocycles. The Hall–Kier alpha value is -3.50. The quantitative estimate of drug-likeness (QED) is 0.221. The summed E-state index contributed by atoms with van der Waals surface area (Å²) in [6.45, 7) is 1.37. The Bertz CT molecular complexity index is 1810. The lowest BCUT2D eigenvalue weighted by atomic mass is 9.57. The van der Waals surface area contributed by atoms with Crippen LogP contribution in [0.1, 0.15) is 35.8 Å². The molecule has 2 saturated heterocycles. The van der Waals surface area contributed by atoms with Gasteiger partial charge in [-0.15, -0.1) is 23.2 Å². The number of halogens is 4. The van der Waals surface area contributed by atoms with Crippen molar-refractivity contribution in [1.82, 2.24) is 0 Å². The third-order valence-corrected chi connectivity index (χ3v) is 11.3. The number of alkyl halides is 2. The summed E-state index contributed by atoms with van der Waals surface area (Å²) in [4.78, 5) is 54.1. The highest BCUT2D eigenvalue weighted by atomic mass is 35.5. The number of benzene rings is 2. The molecule has 226 valence electrons. The fraction of sp³-hybridized carbons (Fsp3) is 0.312. The lowest BCUT2D eigenvalue weighted by Crippen LogP contribution is -2.60. The van der Waals surface area contributed by atoms with Crippen LogP contribution in [0.3, 0.4) is 0 Å². The molecular weight excluding hydrogens is 634 g/mol. The van der Waals surface area contributed by atoms with E-state index >= 15 is 0 Å². The van der Waals surface area contributed by atoms with Crippen LogP contribution in [0.5, 0.6) is 0 Å². The average molecular weight is 658 g/mol. The van der Waals surface area contributed by atoms with Crippen LogP contribution in [0, 0.1) is 30.5 Å². The summed E-state index contributed by atoms with van der Waals surface area (Å²) in [5, 5.41) is 10.1. The largest absolute Gasteiger partial charge is 0.463 e. The number of carbonyl (C=O) groups is 4. The molecule has 1 N–H and O–H groups in total. The first kappa shape index (κ1) is 29.2. The SMILES string of the molecule is Cc1ccc(N2C(=O)C3CC=C4C(CC5(Cl)C(=O)N(c6ccc(F)cc6)C(=O)C5(Cl)C4c4ccc(CO)o4)C3C2=O)cc1Cl. The van der Waals surface area contributed by atoms with Gasteiger partial charge in [0, 0.05) is 5.02 Å². The van der Waals surface area contributed by atoms with Crippen LogP contribution in [0.2, 0.25) is 5.02 Å². The normalized spacial score (nSPS) is 31.3. The summed E-state index contributed by atoms with van der Waals surface area (Å²) < 4.78 is 19.7. The highest BCUT2D eigenvalue weighted by molar-refractivity contribution is 6.58. The topological polar surface area (TPSA) is 108 Å². The van der Waals surface area contributed by atoms with Crippen LogP contribution in [-0.4, -0.2) is 38.5 Å². The number of allylic oxidation sites excluding steroid dienone is 2. The van der Waals surface area contributed by atoms with Gasteiger partial charge in [0.1, 0.15) is 23.9 Å². The van der Waals surface area contributed by atoms with Gasteiger partial charge in [0.25, 0.3) is 11.8 Å². The lowest BCUT2D eigenvalue weighted by molar-refractivity contribution is -0.125. The minimum atomic E-state index is -2.12. The van der Waals surface area contributed by atoms with Gasteiger partial charge in [-0.1, -0.05) is 29.3 Å². The second-order valence-electron chi connectivity index (χ2n) is 11.7. The molecule has 1 aromatic heterocycles. The first-order valence-electron chi connectivity index (χ1n) is 14.0. The number of amides is 4. The van der Waals surface area contributed by atoms with E-state index in [1.54, 1.807) is 30.3 Å². The van der Waals surface area contributed by atoms with E-state index in [-0.39, 0.29) is 30.0 Å². The zero-order chi connectivity index (χ0) is 31.3. The molecule has 44 heavy (non-hydrogen) atoms. The van der Waals surface area contributed by atoms with Gasteiger partial charge in [-0.25, -0.2) is 14.2 Å². The van der Waals surface area contributed by atoms with Gasteiger partial charge in [0.05, 0.1) is 29.1 Å². The molecule has 4 amide bonds. The molecule has 7 rings (SSSR count). The van der Waals surface area contributed by atoms with Crippen molar-refractivity contribution < 1.29 is 33.1 Å². The Morgan fingerprint density at radius 1 is 0.932 bits per heavy atom. The fourth-order valence-corrected chi connectivity index (χ4v) is 8.41. The van der Waals surface area contributed by atoms with E-state index in [9.17, 15) is 28.7 Å². The number of rotatable bonds is 4. The van der Waals surface area contributed by atoms with Crippen molar-refractivity contribution in [3.8, 4) is 0 Å². The number of hydrogen-bond donors (Lipinski definition) is 1. The smallest absolute Gasteiger partial charge is 0.258 e. The number of anilines is 2. The number of imide groups is 2. The van der Waals surface area contributed by atoms with Gasteiger partial charge < -0.3 is 9.52 Å². The molecule has 2 aliphatic heterocycles. The van der Waals surface area contributed by atoms with Gasteiger partial charge in [-0.2, -0.15) is 0 Å². The second-order valence-corrected chi connectivity index (χ2v) is 13.3. The zero-order valence-electron chi connectivity index (χ0n) is 23.1. The van der Waals surface area contributed by atoms with E-state index in [1.165, 1.54) is 18.2 Å². The van der Waals surface area contributed by atoms with Crippen LogP contribution in [0.25, 0.3) is 0 Å². The van der Waals surface area contributed by atoms with Crippen molar-refractivity contribution in [3.63, 3.8) is 0 Å². The van der Waals surface area contributed by atoms with Crippen LogP contribution in [0.15, 0.2) is 70.7 Å². The number of hydrogen-bond acceptors (Lipinski definition) is 6. The molecule has 4 aliphatic rings. The number of aliphatic hydroxyl groups excluding tert-OH is 1. The summed E-state index contributed by atoms with van der Waals surface area (Å²) in [5.41, 5.74) is 1.74. The Morgan fingerprint density at radius 2 is 1.64 bits per heavy atom. The molecule has 0 bridgehead atoms. The molecule has 0 radical (unpaired) electrons. The summed E-state index contributed by atoms with van der Waals surface area (Å²) in [5.74, 6) is -6.28. The monoisotopic (exact) mass is 656 g/mol. The van der Waals surface area contributed by atoms with E-state index < -0.39 is 69.5 Å². The van der Waals surface area contributed by atoms with Crippen LogP contribution >= 0.6 is 34.8 Å². The molecule has 2 aromatic carbocycles. The number of nitrogens with zero attached hydrogens (tertiary/aromatic N) is 2. The van der Waals surface area contributed by atoms with Gasteiger partial charge in [-0.3, -0.25) is 19.2 Å². The van der Waals surface area contributed by atoms with Crippen molar-refractivity contribution in [2.24, 2.45) is 17.8 Å². The van der Waals surface area contributed by atoms with E-state index in [1.807, 2.05) is 6.92 Å². The maximum atomic E-state index is 14.3. The third kappa shape index (κ3) is 3.79. The molecule has 0 spiro atoms. The first-order valence-corrected chi connectivity index (χ1v) is 15.1. The highest BCUT2D eigenvalue weighted by Crippen LogP contribution is 2.66. The standard InChI is InChI=1S/C32H24Cl3FN2O6/c1-15-2-5-18(12-23(15)33)37-27(40)21-10-9-20-22(25(21)28(37)41)13-31(34)29(42)38(17-6-3-16(36)4-7-17)30(43)32(31,35)26(20)24-11-8-19(14-39)44-24/h2-9,11-12,21-22,25-26,39H,10,13-14H2,1H3. The first-order chi connectivity index (χ1) is 20.9. The van der Waals surface area contributed by atoms with E-state index in [2.05, 4.69) is 0 Å². The molecule has 3 fully saturated rings. The van der Waals surface area contributed by atoms with Crippen molar-refractivity contribution >= 4 is 69.8 Å². The highest BCUT2D eigenvalue weighted by Gasteiger charge is 2.77. The predicted octanol–water partition coefficient (Wildman–Crippen LogP) is 5.64. The van der Waals surface area contributed by atoms with Gasteiger partial charge >= 0.3 is 0 Å². The molecule has 2 aliphatic carbocycles. The average Bonchev–Trinajstić information content (AvgIpc) is 3.61. The number of carbonyl (C=O) groups excluding carboxylic acids is 4. The maximum absolute atomic E-state index is 14.3. The number of fused-ring (bicyclic) bond motifs is 4. The number of aliphatic hydroxyl groups is 1. The fourth-order valence-electron chi connectivity index (χ4n) is 7.32. The molecular formula is C32H24Cl3FN2O6. The van der Waals surface area contributed by atoms with Crippen molar-refractivity contribution in [1.29, 1.82) is 0 Å². The molecule has 6 atom stereocenters. The van der Waals surface area contributed by atoms with E-state index in [4.69, 9.17) is 39.2 Å². The van der Waals surface area contributed by atoms with Crippen LogP contribution in [0.4, 0.5) is 15.8 Å². The Kier molecular flexibility index (Phi) is 6.64. The minimum Gasteiger partial charge on any atom is -0.463 e. The Balaban J connectivity index is 1.38. The van der Waals surface area contributed by atoms with Gasteiger partial charge in [0.2, 0.25) is 11.8 Å². The van der Waals surface area contributed by atoms with Crippen molar-refractivity contribution in [2.75, 3.05) is 9.80 Å². The summed E-state index contributed by atoms with van der Waals surface area (Å²) in [6, 6.07) is 12.8. The summed E-state index contributed by atoms with van der Waals surface area (Å²) in [7, 11) is 0. The van der Waals surface area contributed by atoms with Gasteiger partial charge in [0.15, 0.2) is 9.75 Å². The summed E-state index contributed by atoms with van der Waals surface area (Å²) >= 11 is 20.9. The second kappa shape index (κ2) is 10.0. The third-order valence-electron chi connectivity index (χ3n) is 9.43. The predicted molar refractivity (Wildman–Crippen MR) is 160 cm³/mol. The molecule has 12 heteroatoms. The summed E-state index contributed by atoms with van der Waals surface area (Å²) in [6.07, 6.45) is 1.74. The van der Waals surface area contributed by atoms with Crippen LogP contribution in [-0.2, 0) is 25.8 Å². The van der Waals surface area contributed by atoms with E-state index in [0.717, 1.165) is 27.5 Å². The zero-order valence-corrected chi connectivity index (χ0v) is 25.4. The number of furan rings is 1. The molecule has 6 unspecified atom stereocenters. The molecule has 8 nitrogen and oxygen atoms in total. The van der Waals surface area contributed by atoms with Crippen LogP contribution < -0.4 is 9.80 Å². The Morgan fingerprint density at radius 3 is 2.30 bits per heavy atom. The van der Waals surface area contributed by atoms with E-state index in [0.29, 0.717) is 16.3 Å². The molecule has 3 heterocycles. The molecule has 3 aromatic rings. The minimum absolute atomic E-state index is 0.0782. The van der Waals surface area contributed by atoms with Crippen molar-refractivity contribution in [3.05, 3.63) is 94.2 Å². The number of aryl methyl sites for hydroxylation is 1.